The number of pyridine rings is 1. The van der Waals surface area contributed by atoms with Gasteiger partial charge in [-0.3, -0.25) is 14.6 Å². The summed E-state index contributed by atoms with van der Waals surface area (Å²) in [7, 11) is 2.00. The van der Waals surface area contributed by atoms with Crippen molar-refractivity contribution < 1.29 is 23.9 Å². The lowest BCUT2D eigenvalue weighted by molar-refractivity contribution is -0.123. The molecule has 2 aliphatic heterocycles. The maximum Gasteiger partial charge on any atom is 0.412 e. The lowest BCUT2D eigenvalue weighted by Gasteiger charge is -2.33. The average molecular weight is 475 g/mol. The van der Waals surface area contributed by atoms with Crippen LogP contribution < -0.4 is 4.90 Å². The van der Waals surface area contributed by atoms with Gasteiger partial charge in [-0.25, -0.2) is 19.7 Å². The van der Waals surface area contributed by atoms with Crippen molar-refractivity contribution in [1.82, 2.24) is 24.8 Å². The molecule has 0 spiro atoms. The van der Waals surface area contributed by atoms with Gasteiger partial charge in [0.25, 0.3) is 12.4 Å². The Morgan fingerprint density at radius 2 is 1.88 bits per heavy atom. The zero-order valence-electron chi connectivity index (χ0n) is 18.1. The van der Waals surface area contributed by atoms with Gasteiger partial charge in [0.15, 0.2) is 5.69 Å². The number of hydrogen-bond acceptors (Lipinski definition) is 9. The molecule has 4 heterocycles. The van der Waals surface area contributed by atoms with Crippen molar-refractivity contribution in [1.29, 1.82) is 0 Å². The molecule has 0 aromatic carbocycles. The summed E-state index contributed by atoms with van der Waals surface area (Å²) in [5.41, 5.74) is 0.437. The molecule has 1 unspecified atom stereocenters. The van der Waals surface area contributed by atoms with Crippen molar-refractivity contribution >= 4 is 35.9 Å². The second-order valence-electron chi connectivity index (χ2n) is 7.03. The highest BCUT2D eigenvalue weighted by Gasteiger charge is 2.44. The Labute approximate surface area is 195 Å². The van der Waals surface area contributed by atoms with Crippen molar-refractivity contribution in [2.24, 2.45) is 0 Å². The van der Waals surface area contributed by atoms with Gasteiger partial charge in [-0.05, 0) is 26.1 Å². The van der Waals surface area contributed by atoms with Gasteiger partial charge in [-0.1, -0.05) is 17.7 Å². The van der Waals surface area contributed by atoms with Gasteiger partial charge in [0.2, 0.25) is 6.23 Å². The third-order valence-corrected chi connectivity index (χ3v) is 5.04. The lowest BCUT2D eigenvalue weighted by atomic mass is 10.3. The molecular weight excluding hydrogens is 452 g/mol. The van der Waals surface area contributed by atoms with E-state index in [9.17, 15) is 14.4 Å². The van der Waals surface area contributed by atoms with Crippen LogP contribution in [0.25, 0.3) is 0 Å². The largest absolute Gasteiger partial charge is 0.437 e. The van der Waals surface area contributed by atoms with Crippen LogP contribution in [0.1, 0.15) is 29.3 Å². The van der Waals surface area contributed by atoms with E-state index < -0.39 is 18.2 Å². The fraction of sp³-hybridized carbons (Fsp3) is 0.333. The molecule has 1 atom stereocenters. The minimum absolute atomic E-state index is 0.144. The Balaban J connectivity index is 0.000000454. The van der Waals surface area contributed by atoms with Crippen LogP contribution in [-0.4, -0.2) is 76.5 Å². The van der Waals surface area contributed by atoms with Crippen LogP contribution in [0.3, 0.4) is 0 Å². The molecule has 33 heavy (non-hydrogen) atoms. The third-order valence-electron chi connectivity index (χ3n) is 4.82. The van der Waals surface area contributed by atoms with Crippen molar-refractivity contribution in [3.63, 3.8) is 0 Å². The number of rotatable bonds is 4. The molecule has 0 saturated carbocycles. The number of likely N-dealkylation sites (N-methyl/N-ethyl adjacent to an activating group) is 1. The smallest absolute Gasteiger partial charge is 0.412 e. The van der Waals surface area contributed by atoms with Gasteiger partial charge in [-0.15, -0.1) is 0 Å². The van der Waals surface area contributed by atoms with Crippen molar-refractivity contribution in [3.8, 4) is 0 Å². The molecule has 2 aliphatic rings. The molecule has 0 bridgehead atoms. The van der Waals surface area contributed by atoms with Crippen molar-refractivity contribution in [2.45, 2.75) is 13.2 Å². The first-order chi connectivity index (χ1) is 16.0. The second kappa shape index (κ2) is 11.3. The standard InChI is InChI=1S/C17H17ClN6O3.C4H6O2/c1-22-6-8-23(9-7-22)17(26)27-16-14-13(19-4-5-20-14)15(25)24(16)12-3-2-11(18)10-21-12;1-2-3-6-4-5/h2-5,10,16H,6-9H2,1H3;2-4H,1H3/b;3-2-. The Kier molecular flexibility index (Phi) is 8.28. The van der Waals surface area contributed by atoms with E-state index in [-0.39, 0.29) is 5.69 Å². The number of halogens is 1. The SMILES string of the molecule is C/C=C\OC=O.CN1CCN(C(=O)OC2c3nccnc3C(=O)N2c2ccc(Cl)cn2)CC1. The minimum atomic E-state index is -1.03. The molecule has 12 heteroatoms. The molecule has 2 aromatic heterocycles. The number of piperazine rings is 1. The van der Waals surface area contributed by atoms with Crippen molar-refractivity contribution in [3.05, 3.63) is 59.5 Å². The van der Waals surface area contributed by atoms with E-state index in [1.165, 1.54) is 29.8 Å². The molecule has 0 aliphatic carbocycles. The molecule has 1 saturated heterocycles. The maximum absolute atomic E-state index is 12.8. The number of hydrogen-bond donors (Lipinski definition) is 0. The number of ether oxygens (including phenoxy) is 2. The first kappa shape index (κ1) is 24.1. The number of carbonyl (C=O) groups is 3. The lowest BCUT2D eigenvalue weighted by Crippen LogP contribution is -2.48. The minimum Gasteiger partial charge on any atom is -0.437 e. The number of carbonyl (C=O) groups excluding carboxylic acids is 3. The highest BCUT2D eigenvalue weighted by molar-refractivity contribution is 6.30. The topological polar surface area (TPSA) is 118 Å². The number of amides is 2. The zero-order valence-corrected chi connectivity index (χ0v) is 18.9. The third kappa shape index (κ3) is 5.82. The maximum atomic E-state index is 12.8. The van der Waals surface area contributed by atoms with Crippen LogP contribution in [0, 0.1) is 0 Å². The Morgan fingerprint density at radius 3 is 2.48 bits per heavy atom. The van der Waals surface area contributed by atoms with E-state index in [4.69, 9.17) is 16.3 Å². The van der Waals surface area contributed by atoms with Gasteiger partial charge < -0.3 is 19.3 Å². The molecule has 1 fully saturated rings. The number of fused-ring (bicyclic) bond motifs is 1. The summed E-state index contributed by atoms with van der Waals surface area (Å²) in [4.78, 5) is 52.3. The van der Waals surface area contributed by atoms with Gasteiger partial charge in [0.05, 0.1) is 11.3 Å². The molecule has 0 N–H and O–H groups in total. The first-order valence-electron chi connectivity index (χ1n) is 10.1. The van der Waals surface area contributed by atoms with E-state index in [2.05, 4.69) is 24.6 Å². The molecule has 11 nitrogen and oxygen atoms in total. The van der Waals surface area contributed by atoms with Crippen LogP contribution in [0.15, 0.2) is 43.1 Å². The number of anilines is 1. The fourth-order valence-electron chi connectivity index (χ4n) is 3.15. The quantitative estimate of drug-likeness (QED) is 0.485. The predicted molar refractivity (Wildman–Crippen MR) is 118 cm³/mol. The van der Waals surface area contributed by atoms with Gasteiger partial charge in [0, 0.05) is 44.8 Å². The molecule has 174 valence electrons. The van der Waals surface area contributed by atoms with Gasteiger partial charge >= 0.3 is 6.09 Å². The highest BCUT2D eigenvalue weighted by Crippen LogP contribution is 2.35. The number of aromatic nitrogens is 3. The predicted octanol–water partition coefficient (Wildman–Crippen LogP) is 2.26. The average Bonchev–Trinajstić information content (AvgIpc) is 3.10. The van der Waals surface area contributed by atoms with Crippen LogP contribution >= 0.6 is 11.6 Å². The summed E-state index contributed by atoms with van der Waals surface area (Å²) in [6.07, 6.45) is 5.73. The molecular formula is C21H23ClN6O5. The van der Waals surface area contributed by atoms with E-state index in [0.29, 0.717) is 36.1 Å². The summed E-state index contributed by atoms with van der Waals surface area (Å²) in [5, 5.41) is 0.435. The zero-order chi connectivity index (χ0) is 23.8. The summed E-state index contributed by atoms with van der Waals surface area (Å²) in [5.74, 6) is -0.121. The summed E-state index contributed by atoms with van der Waals surface area (Å²) in [6, 6.07) is 3.20. The second-order valence-corrected chi connectivity index (χ2v) is 7.46. The van der Waals surface area contributed by atoms with Crippen LogP contribution in [0.4, 0.5) is 10.6 Å². The Hall–Kier alpha value is -3.57. The Bertz CT molecular complexity index is 1010. The molecule has 0 radical (unpaired) electrons. The highest BCUT2D eigenvalue weighted by atomic mass is 35.5. The first-order valence-corrected chi connectivity index (χ1v) is 10.4. The normalized spacial score (nSPS) is 17.9. The van der Waals surface area contributed by atoms with Crippen LogP contribution in [0.5, 0.6) is 0 Å². The van der Waals surface area contributed by atoms with E-state index >= 15 is 0 Å². The fourth-order valence-corrected chi connectivity index (χ4v) is 3.26. The molecule has 4 rings (SSSR count). The van der Waals surface area contributed by atoms with E-state index in [1.807, 2.05) is 7.05 Å². The summed E-state index contributed by atoms with van der Waals surface area (Å²) >= 11 is 5.89. The van der Waals surface area contributed by atoms with Gasteiger partial charge in [-0.2, -0.15) is 0 Å². The van der Waals surface area contributed by atoms with Crippen LogP contribution in [0.2, 0.25) is 5.02 Å². The molecule has 2 aromatic rings. The van der Waals surface area contributed by atoms with Gasteiger partial charge in [0.1, 0.15) is 11.5 Å². The number of nitrogens with zero attached hydrogens (tertiary/aromatic N) is 6. The summed E-state index contributed by atoms with van der Waals surface area (Å²) in [6.45, 7) is 4.78. The Morgan fingerprint density at radius 1 is 1.15 bits per heavy atom. The summed E-state index contributed by atoms with van der Waals surface area (Å²) < 4.78 is 9.80. The van der Waals surface area contributed by atoms with E-state index in [0.717, 1.165) is 13.1 Å². The monoisotopic (exact) mass is 474 g/mol. The van der Waals surface area contributed by atoms with Crippen molar-refractivity contribution in [2.75, 3.05) is 38.1 Å². The van der Waals surface area contributed by atoms with E-state index in [1.54, 1.807) is 30.0 Å². The molecule has 2 amide bonds. The number of allylic oxidation sites excluding steroid dienone is 1. The van der Waals surface area contributed by atoms with Crippen LogP contribution in [-0.2, 0) is 14.3 Å².